The van der Waals surface area contributed by atoms with Gasteiger partial charge in [0.2, 0.25) is 0 Å². The van der Waals surface area contributed by atoms with Crippen molar-refractivity contribution in [1.29, 1.82) is 0 Å². The van der Waals surface area contributed by atoms with Gasteiger partial charge in [-0.3, -0.25) is 0 Å². The zero-order valence-corrected chi connectivity index (χ0v) is 7.01. The lowest BCUT2D eigenvalue weighted by atomic mass is 10.2. The van der Waals surface area contributed by atoms with Gasteiger partial charge in [0.25, 0.3) is 0 Å². The summed E-state index contributed by atoms with van der Waals surface area (Å²) in [5.41, 5.74) is 0.941. The minimum absolute atomic E-state index is 0.290. The molecule has 0 saturated carbocycles. The van der Waals surface area contributed by atoms with Crippen molar-refractivity contribution >= 4 is 7.92 Å². The average Bonchev–Trinajstić information content (AvgIpc) is 2.39. The van der Waals surface area contributed by atoms with Gasteiger partial charge < -0.3 is 0 Å². The van der Waals surface area contributed by atoms with Crippen LogP contribution in [0.5, 0.6) is 0 Å². The highest BCUT2D eigenvalue weighted by Gasteiger charge is 2.37. The van der Waals surface area contributed by atoms with E-state index in [1.807, 2.05) is 0 Å². The van der Waals surface area contributed by atoms with Crippen molar-refractivity contribution in [3.05, 3.63) is 35.7 Å². The monoisotopic (exact) mass is 150 g/mol. The molecular formula is C9H11P. The Morgan fingerprint density at radius 3 is 3.20 bits per heavy atom. The van der Waals surface area contributed by atoms with Crippen LogP contribution in [0, 0.1) is 0 Å². The predicted molar refractivity (Wildman–Crippen MR) is 47.6 cm³/mol. The van der Waals surface area contributed by atoms with Crippen LogP contribution in [0.4, 0.5) is 0 Å². The van der Waals surface area contributed by atoms with Crippen molar-refractivity contribution in [2.24, 2.45) is 0 Å². The minimum Gasteiger partial charge on any atom is -0.0836 e. The second-order valence-corrected chi connectivity index (χ2v) is 5.13. The van der Waals surface area contributed by atoms with Crippen molar-refractivity contribution in [2.75, 3.05) is 6.66 Å². The lowest BCUT2D eigenvalue weighted by Gasteiger charge is -1.86. The van der Waals surface area contributed by atoms with Gasteiger partial charge in [-0.15, -0.1) is 0 Å². The van der Waals surface area contributed by atoms with Crippen LogP contribution in [0.25, 0.3) is 0 Å². The topological polar surface area (TPSA) is 0 Å². The fraction of sp³-hybridized carbons (Fsp3) is 0.333. The quantitative estimate of drug-likeness (QED) is 0.466. The first-order valence-electron chi connectivity index (χ1n) is 3.66. The summed E-state index contributed by atoms with van der Waals surface area (Å²) in [6.07, 6.45) is 12.3. The van der Waals surface area contributed by atoms with Gasteiger partial charge in [0.05, 0.1) is 0 Å². The Kier molecular flexibility index (Phi) is 1.50. The molecule has 2 aliphatic rings. The standard InChI is InChI=1S/C9H11P/c1-10-8-6-4-2-3-5-7-9(8)10/h2-6,9H,7H2,1H3. The summed E-state index contributed by atoms with van der Waals surface area (Å²) in [4.78, 5) is 0. The van der Waals surface area contributed by atoms with Crippen LogP contribution in [-0.4, -0.2) is 12.3 Å². The molecule has 1 aliphatic carbocycles. The van der Waals surface area contributed by atoms with Crippen molar-refractivity contribution in [3.63, 3.8) is 0 Å². The fourth-order valence-electron chi connectivity index (χ4n) is 1.38. The molecule has 1 heteroatoms. The summed E-state index contributed by atoms with van der Waals surface area (Å²) in [6.45, 7) is 2.37. The van der Waals surface area contributed by atoms with Crippen LogP contribution in [0.1, 0.15) is 6.42 Å². The molecule has 0 aromatic rings. The second-order valence-electron chi connectivity index (χ2n) is 2.77. The Morgan fingerprint density at radius 2 is 2.30 bits per heavy atom. The van der Waals surface area contributed by atoms with E-state index in [0.29, 0.717) is 0 Å². The van der Waals surface area contributed by atoms with Gasteiger partial charge in [0.1, 0.15) is 0 Å². The number of hydrogen-bond acceptors (Lipinski definition) is 0. The highest BCUT2D eigenvalue weighted by atomic mass is 31.1. The largest absolute Gasteiger partial charge is 0.0836 e. The summed E-state index contributed by atoms with van der Waals surface area (Å²) in [7, 11) is 0.290. The van der Waals surface area contributed by atoms with Gasteiger partial charge in [-0.05, 0) is 18.4 Å². The van der Waals surface area contributed by atoms with E-state index in [9.17, 15) is 0 Å². The Bertz CT molecular complexity index is 223. The molecule has 0 aromatic carbocycles. The van der Waals surface area contributed by atoms with E-state index in [0.717, 1.165) is 5.66 Å². The molecule has 10 heavy (non-hydrogen) atoms. The van der Waals surface area contributed by atoms with Crippen LogP contribution in [-0.2, 0) is 0 Å². The smallest absolute Gasteiger partial charge is 0.0116 e. The predicted octanol–water partition coefficient (Wildman–Crippen LogP) is 2.88. The molecule has 2 rings (SSSR count). The fourth-order valence-corrected chi connectivity index (χ4v) is 3.41. The molecule has 0 amide bonds. The highest BCUT2D eigenvalue weighted by Crippen LogP contribution is 2.69. The molecule has 0 bridgehead atoms. The zero-order valence-electron chi connectivity index (χ0n) is 6.12. The Hall–Kier alpha value is -0.350. The normalized spacial score (nSPS) is 35.9. The summed E-state index contributed by atoms with van der Waals surface area (Å²) >= 11 is 0. The number of rotatable bonds is 0. The number of fused-ring (bicyclic) bond motifs is 1. The van der Waals surface area contributed by atoms with Crippen molar-refractivity contribution < 1.29 is 0 Å². The van der Waals surface area contributed by atoms with Crippen molar-refractivity contribution in [2.45, 2.75) is 12.1 Å². The third kappa shape index (κ3) is 0.973. The van der Waals surface area contributed by atoms with Crippen molar-refractivity contribution in [3.8, 4) is 0 Å². The highest BCUT2D eigenvalue weighted by molar-refractivity contribution is 7.71. The average molecular weight is 150 g/mol. The molecular weight excluding hydrogens is 139 g/mol. The Morgan fingerprint density at radius 1 is 1.40 bits per heavy atom. The maximum Gasteiger partial charge on any atom is 0.0116 e. The van der Waals surface area contributed by atoms with E-state index in [4.69, 9.17) is 0 Å². The van der Waals surface area contributed by atoms with E-state index in [-0.39, 0.29) is 7.92 Å². The van der Waals surface area contributed by atoms with Gasteiger partial charge in [0, 0.05) is 5.66 Å². The van der Waals surface area contributed by atoms with E-state index in [2.05, 4.69) is 37.0 Å². The molecule has 0 spiro atoms. The summed E-state index contributed by atoms with van der Waals surface area (Å²) < 4.78 is 0. The van der Waals surface area contributed by atoms with E-state index in [1.54, 1.807) is 5.31 Å². The molecule has 2 atom stereocenters. The number of hydrogen-bond donors (Lipinski definition) is 0. The van der Waals surface area contributed by atoms with Gasteiger partial charge >= 0.3 is 0 Å². The van der Waals surface area contributed by atoms with E-state index < -0.39 is 0 Å². The van der Waals surface area contributed by atoms with E-state index in [1.165, 1.54) is 6.42 Å². The molecule has 1 saturated heterocycles. The van der Waals surface area contributed by atoms with Crippen LogP contribution in [0.2, 0.25) is 0 Å². The van der Waals surface area contributed by atoms with Crippen molar-refractivity contribution in [1.82, 2.24) is 0 Å². The molecule has 1 fully saturated rings. The van der Waals surface area contributed by atoms with Gasteiger partial charge in [0.15, 0.2) is 0 Å². The molecule has 1 aliphatic heterocycles. The molecule has 1 heterocycles. The third-order valence-electron chi connectivity index (χ3n) is 2.13. The molecule has 0 N–H and O–H groups in total. The first-order valence-corrected chi connectivity index (χ1v) is 5.51. The van der Waals surface area contributed by atoms with Crippen LogP contribution in [0.3, 0.4) is 0 Å². The summed E-state index contributed by atoms with van der Waals surface area (Å²) in [5, 5.41) is 1.70. The lowest BCUT2D eigenvalue weighted by Crippen LogP contribution is -1.77. The van der Waals surface area contributed by atoms with Crippen LogP contribution in [0.15, 0.2) is 35.7 Å². The SMILES string of the molecule is CP1C2=CC=CC=CCC21. The first kappa shape index (κ1) is 6.37. The molecule has 0 aromatic heterocycles. The van der Waals surface area contributed by atoms with Crippen LogP contribution < -0.4 is 0 Å². The summed E-state index contributed by atoms with van der Waals surface area (Å²) in [5.74, 6) is 0. The first-order chi connectivity index (χ1) is 4.89. The summed E-state index contributed by atoms with van der Waals surface area (Å²) in [6, 6.07) is 0. The number of allylic oxidation sites excluding steroid dienone is 6. The Balaban J connectivity index is 2.22. The molecule has 0 nitrogen and oxygen atoms in total. The molecule has 52 valence electrons. The van der Waals surface area contributed by atoms with Gasteiger partial charge in [-0.2, -0.15) is 0 Å². The zero-order chi connectivity index (χ0) is 6.97. The van der Waals surface area contributed by atoms with Crippen LogP contribution >= 0.6 is 7.92 Å². The lowest BCUT2D eigenvalue weighted by molar-refractivity contribution is 1.11. The minimum atomic E-state index is 0.290. The molecule has 2 unspecified atom stereocenters. The van der Waals surface area contributed by atoms with Gasteiger partial charge in [-0.25, -0.2) is 0 Å². The third-order valence-corrected chi connectivity index (χ3v) is 4.55. The van der Waals surface area contributed by atoms with E-state index >= 15 is 0 Å². The maximum absolute atomic E-state index is 2.37. The molecule has 0 radical (unpaired) electrons. The Labute approximate surface area is 63.1 Å². The maximum atomic E-state index is 2.37. The van der Waals surface area contributed by atoms with Gasteiger partial charge in [-0.1, -0.05) is 38.3 Å². The second kappa shape index (κ2) is 2.36.